The SMILES string of the molecule is CN[n+]1ccc(SCC2=C(C(=O)OCc3ccc(OC)cc3)N3C(=O)[C@@H](NC(=O)/C(=N\O[C@@H](C(=O)OC(c4ccccc4)c4ccccc4)c4ccc(OC(C)=O)c(OC(C)=O)c4)c4csc(NC(c5ccccc5)(c5ccccc5)c5ccccc5)n4)[C@H]3SC2)cc1. The van der Waals surface area contributed by atoms with Gasteiger partial charge in [-0.05, 0) is 63.2 Å². The average molecular weight is 1300 g/mol. The van der Waals surface area contributed by atoms with Gasteiger partial charge in [-0.2, -0.15) is 5.43 Å². The minimum Gasteiger partial charge on any atom is -0.497 e. The van der Waals surface area contributed by atoms with Crippen molar-refractivity contribution < 1.29 is 62.0 Å². The van der Waals surface area contributed by atoms with E-state index in [0.717, 1.165) is 39.8 Å². The second kappa shape index (κ2) is 29.6. The van der Waals surface area contributed by atoms with E-state index < -0.39 is 70.6 Å². The van der Waals surface area contributed by atoms with Crippen molar-refractivity contribution in [3.63, 3.8) is 0 Å². The smallest absolute Gasteiger partial charge is 0.355 e. The average Bonchev–Trinajstić information content (AvgIpc) is 1.70. The fourth-order valence-corrected chi connectivity index (χ4v) is 13.7. The Morgan fingerprint density at radius 2 is 1.29 bits per heavy atom. The van der Waals surface area contributed by atoms with Crippen molar-refractivity contribution in [2.45, 2.75) is 54.5 Å². The summed E-state index contributed by atoms with van der Waals surface area (Å²) in [6.07, 6.45) is 0.883. The fraction of sp³-hybridized carbons (Fsp3) is 0.169. The van der Waals surface area contributed by atoms with E-state index in [1.165, 1.54) is 53.5 Å². The van der Waals surface area contributed by atoms with Crippen LogP contribution >= 0.6 is 34.9 Å². The van der Waals surface area contributed by atoms with Crippen LogP contribution in [-0.4, -0.2) is 88.4 Å². The lowest BCUT2D eigenvalue weighted by Crippen LogP contribution is -2.71. The molecule has 1 fully saturated rings. The molecular weight excluding hydrogens is 1240 g/mol. The van der Waals surface area contributed by atoms with E-state index in [1.807, 2.05) is 128 Å². The number of fused-ring (bicyclic) bond motifs is 1. The van der Waals surface area contributed by atoms with Crippen LogP contribution < -0.4 is 34.9 Å². The molecule has 93 heavy (non-hydrogen) atoms. The summed E-state index contributed by atoms with van der Waals surface area (Å²) in [7, 11) is 3.35. The van der Waals surface area contributed by atoms with Crippen LogP contribution in [0.3, 0.4) is 0 Å². The summed E-state index contributed by atoms with van der Waals surface area (Å²) < 4.78 is 30.4. The van der Waals surface area contributed by atoms with Gasteiger partial charge >= 0.3 is 23.9 Å². The van der Waals surface area contributed by atoms with Crippen molar-refractivity contribution in [2.24, 2.45) is 5.16 Å². The lowest BCUT2D eigenvalue weighted by Gasteiger charge is -2.49. The number of pyridine rings is 1. The number of β-lactam (4-membered cyclic amide) rings is 1. The van der Waals surface area contributed by atoms with E-state index in [4.69, 9.17) is 33.5 Å². The molecule has 3 N–H and O–H groups in total. The molecule has 470 valence electrons. The molecule has 7 aromatic carbocycles. The van der Waals surface area contributed by atoms with Crippen molar-refractivity contribution in [1.29, 1.82) is 0 Å². The van der Waals surface area contributed by atoms with E-state index in [-0.39, 0.29) is 35.1 Å². The van der Waals surface area contributed by atoms with Gasteiger partial charge in [0.15, 0.2) is 28.4 Å². The first-order valence-electron chi connectivity index (χ1n) is 29.3. The summed E-state index contributed by atoms with van der Waals surface area (Å²) in [5.41, 5.74) is 6.71. The topological polar surface area (TPSA) is 226 Å². The van der Waals surface area contributed by atoms with E-state index in [2.05, 4.69) is 21.2 Å². The first kappa shape index (κ1) is 64.0. The standard InChI is InChI=1S/C71H61N7O12S3/c1-45(79)87-58-35-32-50(40-59(58)88-46(2)80)64(69(84)89-63(48-20-10-5-11-21-48)49-22-12-6-13-23-49)90-76-60(57-44-93-70(73-57)75-71(52-24-14-7-15-25-52,53-26-16-8-17-27-53)54-28-18-9-19-29-54)65(81)74-61-66(82)78-62(68(83)86-41-47-30-33-55(85-4)34-31-47)51(43-92-67(61)78)42-91-56-36-38-77(72-3)39-37-56/h5-40,44,61,63-64,67,72H,41-43H2,1-4H3,(H-,73,74,75,81)/p+1/b76-60-/t61-,64-,67-/m1/s1. The number of thiazole rings is 1. The van der Waals surface area contributed by atoms with Gasteiger partial charge in [0.25, 0.3) is 11.8 Å². The molecule has 11 rings (SSSR count). The molecule has 0 unspecified atom stereocenters. The van der Waals surface area contributed by atoms with Crippen molar-refractivity contribution in [3.8, 4) is 17.2 Å². The highest BCUT2D eigenvalue weighted by molar-refractivity contribution is 8.01. The Kier molecular flexibility index (Phi) is 20.4. The summed E-state index contributed by atoms with van der Waals surface area (Å²) in [6, 6.07) is 61.2. The van der Waals surface area contributed by atoms with Gasteiger partial charge in [-0.1, -0.05) is 180 Å². The molecular formula is C71H62N7O12S3+. The molecule has 2 aliphatic heterocycles. The molecule has 3 atom stereocenters. The molecule has 0 spiro atoms. The van der Waals surface area contributed by atoms with Gasteiger partial charge in [-0.25, -0.2) is 14.6 Å². The number of ether oxygens (including phenoxy) is 5. The number of esters is 4. The molecule has 0 aliphatic carbocycles. The zero-order valence-electron chi connectivity index (χ0n) is 50.7. The van der Waals surface area contributed by atoms with Gasteiger partial charge in [0.05, 0.1) is 14.2 Å². The normalized spacial score (nSPS) is 14.8. The number of amides is 2. The Morgan fingerprint density at radius 1 is 0.720 bits per heavy atom. The third-order valence-electron chi connectivity index (χ3n) is 15.1. The number of benzene rings is 7. The highest BCUT2D eigenvalue weighted by atomic mass is 32.2. The maximum atomic E-state index is 15.5. The van der Waals surface area contributed by atoms with Crippen LogP contribution in [0.5, 0.6) is 17.2 Å². The Hall–Kier alpha value is -10.6. The minimum absolute atomic E-state index is 0.000941. The van der Waals surface area contributed by atoms with Gasteiger partial charge in [0.2, 0.25) is 18.5 Å². The van der Waals surface area contributed by atoms with Gasteiger partial charge in [0, 0.05) is 53.3 Å². The summed E-state index contributed by atoms with van der Waals surface area (Å²) in [5, 5.41) is 12.3. The van der Waals surface area contributed by atoms with Crippen LogP contribution in [0.15, 0.2) is 245 Å². The number of oxime groups is 1. The first-order chi connectivity index (χ1) is 45.3. The zero-order chi connectivity index (χ0) is 64.8. The molecule has 0 radical (unpaired) electrons. The highest BCUT2D eigenvalue weighted by Gasteiger charge is 2.55. The number of nitrogens with one attached hydrogen (secondary N) is 3. The van der Waals surface area contributed by atoms with Crippen LogP contribution in [-0.2, 0) is 55.2 Å². The summed E-state index contributed by atoms with van der Waals surface area (Å²) in [6.45, 7) is 2.23. The number of carbonyl (C=O) groups excluding carboxylic acids is 6. The summed E-state index contributed by atoms with van der Waals surface area (Å²) in [5.74, 6) is -3.88. The van der Waals surface area contributed by atoms with Gasteiger partial charge in [-0.15, -0.1) is 34.9 Å². The van der Waals surface area contributed by atoms with Crippen molar-refractivity contribution in [2.75, 3.05) is 36.4 Å². The zero-order valence-corrected chi connectivity index (χ0v) is 53.2. The van der Waals surface area contributed by atoms with E-state index in [1.54, 1.807) is 97.0 Å². The molecule has 0 saturated carbocycles. The number of methoxy groups -OCH3 is 1. The molecule has 4 heterocycles. The number of carbonyl (C=O) groups is 6. The van der Waals surface area contributed by atoms with Crippen molar-refractivity contribution in [1.82, 2.24) is 15.2 Å². The largest absolute Gasteiger partial charge is 0.497 e. The summed E-state index contributed by atoms with van der Waals surface area (Å²) >= 11 is 4.01. The number of hydrogen-bond donors (Lipinski definition) is 3. The maximum absolute atomic E-state index is 15.5. The Bertz CT molecular complexity index is 4070. The second-order valence-corrected chi connectivity index (χ2v) is 24.2. The van der Waals surface area contributed by atoms with Gasteiger partial charge in [0.1, 0.15) is 40.7 Å². The number of rotatable bonds is 25. The molecule has 2 amide bonds. The Labute approximate surface area is 548 Å². The summed E-state index contributed by atoms with van der Waals surface area (Å²) in [4.78, 5) is 98.6. The monoisotopic (exact) mass is 1300 g/mol. The quantitative estimate of drug-likeness (QED) is 0.00707. The van der Waals surface area contributed by atoms with E-state index in [0.29, 0.717) is 44.7 Å². The number of anilines is 1. The second-order valence-electron chi connectivity index (χ2n) is 21.2. The van der Waals surface area contributed by atoms with Crippen LogP contribution in [0.2, 0.25) is 0 Å². The molecule has 0 bridgehead atoms. The van der Waals surface area contributed by atoms with Gasteiger partial charge in [-0.3, -0.25) is 24.1 Å². The number of nitrogens with zero attached hydrogens (tertiary/aromatic N) is 4. The molecule has 2 aliphatic rings. The van der Waals surface area contributed by atoms with Crippen molar-refractivity contribution in [3.05, 3.63) is 280 Å². The third-order valence-corrected chi connectivity index (χ3v) is 18.3. The lowest BCUT2D eigenvalue weighted by atomic mass is 9.77. The van der Waals surface area contributed by atoms with Crippen molar-refractivity contribution >= 4 is 81.4 Å². The number of hydrogen-bond acceptors (Lipinski definition) is 19. The molecule has 1 saturated heterocycles. The maximum Gasteiger partial charge on any atom is 0.355 e. The Morgan fingerprint density at radius 3 is 1.85 bits per heavy atom. The number of aromatic nitrogens is 2. The highest BCUT2D eigenvalue weighted by Crippen LogP contribution is 2.44. The number of thioether (sulfide) groups is 2. The van der Waals surface area contributed by atoms with Crippen LogP contribution in [0.25, 0.3) is 0 Å². The van der Waals surface area contributed by atoms with Gasteiger partial charge < -0.3 is 39.2 Å². The molecule has 22 heteroatoms. The predicted octanol–water partition coefficient (Wildman–Crippen LogP) is 10.9. The molecule has 2 aromatic heterocycles. The molecule has 19 nitrogen and oxygen atoms in total. The third kappa shape index (κ3) is 14.8. The van der Waals surface area contributed by atoms with Crippen LogP contribution in [0, 0.1) is 0 Å². The Balaban J connectivity index is 0.983. The predicted molar refractivity (Wildman–Crippen MR) is 353 cm³/mol. The van der Waals surface area contributed by atoms with Crippen LogP contribution in [0.1, 0.15) is 70.7 Å². The van der Waals surface area contributed by atoms with E-state index in [9.17, 15) is 19.2 Å². The van der Waals surface area contributed by atoms with Crippen LogP contribution in [0.4, 0.5) is 5.13 Å². The fourth-order valence-electron chi connectivity index (χ4n) is 10.6. The first-order valence-corrected chi connectivity index (χ1v) is 32.3. The minimum atomic E-state index is -1.84. The lowest BCUT2D eigenvalue weighted by molar-refractivity contribution is -0.647. The van der Waals surface area contributed by atoms with E-state index >= 15 is 9.59 Å². The molecule has 9 aromatic rings.